The molecule has 1 aromatic heterocycles. The minimum Gasteiger partial charge on any atom is -0.462 e. The molecule has 1 aromatic rings. The Hall–Kier alpha value is -1.84. The van der Waals surface area contributed by atoms with E-state index in [2.05, 4.69) is 54.5 Å². The molecule has 1 rings (SSSR count). The molecule has 0 radical (unpaired) electrons. The smallest absolute Gasteiger partial charge is 0.341 e. The molecule has 0 aliphatic carbocycles. The summed E-state index contributed by atoms with van der Waals surface area (Å²) in [5.41, 5.74) is 5.00. The largest absolute Gasteiger partial charge is 0.462 e. The third kappa shape index (κ3) is 5.36. The van der Waals surface area contributed by atoms with Crippen molar-refractivity contribution in [2.45, 2.75) is 73.8 Å². The summed E-state index contributed by atoms with van der Waals surface area (Å²) in [4.78, 5) is 12.3. The van der Waals surface area contributed by atoms with E-state index < -0.39 is 0 Å². The second-order valence-electron chi connectivity index (χ2n) is 7.36. The Kier molecular flexibility index (Phi) is 7.00. The predicted molar refractivity (Wildman–Crippen MR) is 99.3 cm³/mol. The Morgan fingerprint density at radius 1 is 1.25 bits per heavy atom. The van der Waals surface area contributed by atoms with E-state index in [-0.39, 0.29) is 11.5 Å². The third-order valence-electron chi connectivity index (χ3n) is 3.84. The molecule has 4 nitrogen and oxygen atoms in total. The molecule has 0 fully saturated rings. The quantitative estimate of drug-likeness (QED) is 0.541. The van der Waals surface area contributed by atoms with Crippen molar-refractivity contribution in [2.75, 3.05) is 6.61 Å². The number of hydrogen-bond acceptors (Lipinski definition) is 3. The zero-order chi connectivity index (χ0) is 18.5. The fourth-order valence-corrected chi connectivity index (χ4v) is 2.54. The van der Waals surface area contributed by atoms with Gasteiger partial charge in [0.15, 0.2) is 0 Å². The number of aromatic nitrogens is 2. The number of carbonyl (C=O) groups is 1. The highest BCUT2D eigenvalue weighted by Gasteiger charge is 2.23. The van der Waals surface area contributed by atoms with Gasteiger partial charge in [0.25, 0.3) is 0 Å². The van der Waals surface area contributed by atoms with E-state index in [0.717, 1.165) is 12.1 Å². The lowest BCUT2D eigenvalue weighted by Gasteiger charge is -2.18. The highest BCUT2D eigenvalue weighted by Crippen LogP contribution is 2.22. The summed E-state index contributed by atoms with van der Waals surface area (Å²) in [5.74, 6) is -0.293. The molecular weight excluding hydrogens is 300 g/mol. The summed E-state index contributed by atoms with van der Waals surface area (Å²) in [6.07, 6.45) is 5.60. The summed E-state index contributed by atoms with van der Waals surface area (Å²) in [6, 6.07) is 0. The number of allylic oxidation sites excluding steroid dienone is 4. The zero-order valence-electron chi connectivity index (χ0n) is 16.5. The molecular formula is C20H32N2O2. The lowest BCUT2D eigenvalue weighted by atomic mass is 9.99. The van der Waals surface area contributed by atoms with Crippen LogP contribution >= 0.6 is 0 Å². The average molecular weight is 332 g/mol. The standard InChI is InChI=1S/C20H32N2O2/c1-9-16(15(5)11-14(3)4)12-18-17(19(23)24-10-2)13-22(21-18)20(6,7)8/h11,13H,9-10,12H2,1-8H3/b16-15+. The van der Waals surface area contributed by atoms with Gasteiger partial charge in [0, 0.05) is 12.6 Å². The van der Waals surface area contributed by atoms with Gasteiger partial charge in [0.05, 0.1) is 17.8 Å². The minimum absolute atomic E-state index is 0.176. The third-order valence-corrected chi connectivity index (χ3v) is 3.84. The van der Waals surface area contributed by atoms with Gasteiger partial charge in [-0.05, 0) is 54.9 Å². The Balaban J connectivity index is 3.32. The Labute approximate surface area is 146 Å². The summed E-state index contributed by atoms with van der Waals surface area (Å²) in [6.45, 7) is 16.9. The first kappa shape index (κ1) is 20.2. The summed E-state index contributed by atoms with van der Waals surface area (Å²) < 4.78 is 7.07. The van der Waals surface area contributed by atoms with Crippen molar-refractivity contribution in [3.05, 3.63) is 40.2 Å². The van der Waals surface area contributed by atoms with Crippen molar-refractivity contribution in [2.24, 2.45) is 0 Å². The molecule has 0 spiro atoms. The van der Waals surface area contributed by atoms with E-state index in [1.165, 1.54) is 16.7 Å². The molecule has 0 amide bonds. The van der Waals surface area contributed by atoms with Gasteiger partial charge in [-0.2, -0.15) is 5.10 Å². The van der Waals surface area contributed by atoms with Crippen LogP contribution in [0.15, 0.2) is 29.0 Å². The van der Waals surface area contributed by atoms with Gasteiger partial charge < -0.3 is 4.74 Å². The van der Waals surface area contributed by atoms with Crippen molar-refractivity contribution in [3.63, 3.8) is 0 Å². The SMILES string of the molecule is CCOC(=O)c1cn(C(C)(C)C)nc1C/C(CC)=C(\C)C=C(C)C. The van der Waals surface area contributed by atoms with Crippen LogP contribution in [-0.2, 0) is 16.7 Å². The fourth-order valence-electron chi connectivity index (χ4n) is 2.54. The van der Waals surface area contributed by atoms with Gasteiger partial charge in [0.1, 0.15) is 5.56 Å². The normalized spacial score (nSPS) is 12.7. The Morgan fingerprint density at radius 2 is 1.88 bits per heavy atom. The number of carbonyl (C=O) groups excluding carboxylic acids is 1. The monoisotopic (exact) mass is 332 g/mol. The fraction of sp³-hybridized carbons (Fsp3) is 0.600. The van der Waals surface area contributed by atoms with Gasteiger partial charge in [0.2, 0.25) is 0 Å². The molecule has 1 heterocycles. The van der Waals surface area contributed by atoms with Crippen molar-refractivity contribution in [3.8, 4) is 0 Å². The van der Waals surface area contributed by atoms with Crippen LogP contribution in [-0.4, -0.2) is 22.4 Å². The lowest BCUT2D eigenvalue weighted by Crippen LogP contribution is -2.22. The van der Waals surface area contributed by atoms with Crippen LogP contribution in [0.4, 0.5) is 0 Å². The predicted octanol–water partition coefficient (Wildman–Crippen LogP) is 5.05. The number of nitrogens with zero attached hydrogens (tertiary/aromatic N) is 2. The Bertz CT molecular complexity index is 639. The molecule has 0 saturated heterocycles. The first-order chi connectivity index (χ1) is 11.1. The summed E-state index contributed by atoms with van der Waals surface area (Å²) >= 11 is 0. The second-order valence-corrected chi connectivity index (χ2v) is 7.36. The van der Waals surface area contributed by atoms with Crippen LogP contribution in [0.5, 0.6) is 0 Å². The van der Waals surface area contributed by atoms with Crippen LogP contribution in [0, 0.1) is 0 Å². The molecule has 0 N–H and O–H groups in total. The van der Waals surface area contributed by atoms with E-state index in [4.69, 9.17) is 9.84 Å². The van der Waals surface area contributed by atoms with E-state index in [0.29, 0.717) is 18.6 Å². The first-order valence-corrected chi connectivity index (χ1v) is 8.69. The van der Waals surface area contributed by atoms with E-state index >= 15 is 0 Å². The van der Waals surface area contributed by atoms with Gasteiger partial charge in [-0.3, -0.25) is 4.68 Å². The number of rotatable bonds is 6. The van der Waals surface area contributed by atoms with Gasteiger partial charge in [-0.25, -0.2) is 4.79 Å². The molecule has 0 aromatic carbocycles. The second kappa shape index (κ2) is 8.32. The first-order valence-electron chi connectivity index (χ1n) is 8.69. The van der Waals surface area contributed by atoms with Gasteiger partial charge in [-0.1, -0.05) is 29.7 Å². The topological polar surface area (TPSA) is 44.1 Å². The molecule has 0 aliphatic heterocycles. The van der Waals surface area contributed by atoms with Gasteiger partial charge >= 0.3 is 5.97 Å². The average Bonchev–Trinajstić information content (AvgIpc) is 2.88. The maximum absolute atomic E-state index is 12.3. The van der Waals surface area contributed by atoms with E-state index in [1.807, 2.05) is 17.8 Å². The molecule has 24 heavy (non-hydrogen) atoms. The number of esters is 1. The highest BCUT2D eigenvalue weighted by molar-refractivity contribution is 5.90. The maximum Gasteiger partial charge on any atom is 0.341 e. The van der Waals surface area contributed by atoms with Crippen LogP contribution in [0.2, 0.25) is 0 Å². The van der Waals surface area contributed by atoms with Crippen molar-refractivity contribution < 1.29 is 9.53 Å². The van der Waals surface area contributed by atoms with E-state index in [9.17, 15) is 4.79 Å². The Morgan fingerprint density at radius 3 is 2.33 bits per heavy atom. The summed E-state index contributed by atoms with van der Waals surface area (Å²) in [7, 11) is 0. The van der Waals surface area contributed by atoms with Gasteiger partial charge in [-0.15, -0.1) is 0 Å². The highest BCUT2D eigenvalue weighted by atomic mass is 16.5. The molecule has 134 valence electrons. The van der Waals surface area contributed by atoms with Crippen molar-refractivity contribution in [1.82, 2.24) is 9.78 Å². The molecule has 0 aliphatic rings. The molecule has 0 unspecified atom stereocenters. The number of ether oxygens (including phenoxy) is 1. The molecule has 0 atom stereocenters. The van der Waals surface area contributed by atoms with Crippen LogP contribution in [0.3, 0.4) is 0 Å². The van der Waals surface area contributed by atoms with Crippen molar-refractivity contribution >= 4 is 5.97 Å². The van der Waals surface area contributed by atoms with Crippen LogP contribution in [0.1, 0.15) is 77.9 Å². The zero-order valence-corrected chi connectivity index (χ0v) is 16.5. The molecule has 0 saturated carbocycles. The molecule has 4 heteroatoms. The van der Waals surface area contributed by atoms with E-state index in [1.54, 1.807) is 0 Å². The number of hydrogen-bond donors (Lipinski definition) is 0. The maximum atomic E-state index is 12.3. The van der Waals surface area contributed by atoms with Crippen LogP contribution < -0.4 is 0 Å². The van der Waals surface area contributed by atoms with Crippen molar-refractivity contribution in [1.29, 1.82) is 0 Å². The molecule has 0 bridgehead atoms. The lowest BCUT2D eigenvalue weighted by molar-refractivity contribution is 0.0525. The minimum atomic E-state index is -0.293. The summed E-state index contributed by atoms with van der Waals surface area (Å²) in [5, 5.41) is 4.70. The van der Waals surface area contributed by atoms with Crippen LogP contribution in [0.25, 0.3) is 0 Å².